The summed E-state index contributed by atoms with van der Waals surface area (Å²) >= 11 is 0. The highest BCUT2D eigenvalue weighted by Gasteiger charge is 2.60. The molecule has 9 N–H and O–H groups in total. The molecule has 0 spiro atoms. The predicted octanol–water partition coefficient (Wildman–Crippen LogP) is -6.03. The Labute approximate surface area is 142 Å². The van der Waals surface area contributed by atoms with E-state index < -0.39 is 80.7 Å². The highest BCUT2D eigenvalue weighted by Crippen LogP contribution is 2.37. The molecule has 2 aliphatic rings. The zero-order valence-corrected chi connectivity index (χ0v) is 13.1. The molecule has 0 aromatic carbocycles. The van der Waals surface area contributed by atoms with Crippen LogP contribution in [-0.2, 0) is 14.2 Å². The minimum absolute atomic E-state index is 0.712. The monoisotopic (exact) mass is 372 g/mol. The first-order valence-electron chi connectivity index (χ1n) is 7.59. The second-order valence-electron chi connectivity index (χ2n) is 6.16. The lowest BCUT2D eigenvalue weighted by Gasteiger charge is -2.48. The van der Waals surface area contributed by atoms with Crippen LogP contribution in [0.4, 0.5) is 0 Å². The third-order valence-electron chi connectivity index (χ3n) is 4.60. The predicted molar refractivity (Wildman–Crippen MR) is 74.7 cm³/mol. The van der Waals surface area contributed by atoms with Crippen LogP contribution in [0.2, 0.25) is 0 Å². The van der Waals surface area contributed by atoms with Crippen molar-refractivity contribution in [1.29, 1.82) is 0 Å². The lowest BCUT2D eigenvalue weighted by molar-refractivity contribution is -0.404. The first kappa shape index (κ1) is 20.8. The lowest BCUT2D eigenvalue weighted by Crippen LogP contribution is -2.69. The Morgan fingerprint density at radius 2 is 1.32 bits per heavy atom. The molecule has 0 aromatic heterocycles. The Balaban J connectivity index is 2.27. The minimum atomic E-state index is -2.32. The molecule has 25 heavy (non-hydrogen) atoms. The lowest BCUT2D eigenvalue weighted by atomic mass is 9.88. The molecule has 2 heterocycles. The van der Waals surface area contributed by atoms with Gasteiger partial charge in [-0.2, -0.15) is 0 Å². The van der Waals surface area contributed by atoms with Crippen LogP contribution in [0.25, 0.3) is 0 Å². The molecular weight excluding hydrogens is 348 g/mol. The summed E-state index contributed by atoms with van der Waals surface area (Å²) in [6, 6.07) is 0. The fraction of sp³-hybridized carbons (Fsp3) is 1.00. The number of rotatable bonds is 6. The maximum atomic E-state index is 10.1. The van der Waals surface area contributed by atoms with Crippen LogP contribution in [0.1, 0.15) is 0 Å². The van der Waals surface area contributed by atoms with E-state index >= 15 is 0 Å². The normalized spacial score (nSPS) is 47.2. The molecule has 12 heteroatoms. The first-order valence-corrected chi connectivity index (χ1v) is 7.59. The molecule has 0 saturated carbocycles. The van der Waals surface area contributed by atoms with E-state index in [0.29, 0.717) is 0 Å². The van der Waals surface area contributed by atoms with Gasteiger partial charge in [0, 0.05) is 0 Å². The summed E-state index contributed by atoms with van der Waals surface area (Å²) in [5, 5.41) is 87.2. The van der Waals surface area contributed by atoms with Crippen LogP contribution in [0.5, 0.6) is 0 Å². The quantitative estimate of drug-likeness (QED) is 0.213. The maximum Gasteiger partial charge on any atom is 0.224 e. The van der Waals surface area contributed by atoms with E-state index in [4.69, 9.17) is 19.3 Å². The highest BCUT2D eigenvalue weighted by molar-refractivity contribution is 5.02. The van der Waals surface area contributed by atoms with Crippen molar-refractivity contribution in [3.63, 3.8) is 0 Å². The third kappa shape index (κ3) is 3.29. The Morgan fingerprint density at radius 3 is 1.76 bits per heavy atom. The Bertz CT molecular complexity index is 445. The van der Waals surface area contributed by atoms with Crippen LogP contribution in [-0.4, -0.2) is 127 Å². The molecule has 2 rings (SSSR count). The summed E-state index contributed by atoms with van der Waals surface area (Å²) in [6.45, 7) is -3.65. The van der Waals surface area contributed by atoms with Crippen LogP contribution < -0.4 is 0 Å². The van der Waals surface area contributed by atoms with Crippen LogP contribution in [0.15, 0.2) is 0 Å². The van der Waals surface area contributed by atoms with Gasteiger partial charge in [-0.3, -0.25) is 0 Å². The van der Waals surface area contributed by atoms with Crippen molar-refractivity contribution in [3.05, 3.63) is 0 Å². The molecule has 12 nitrogen and oxygen atoms in total. The molecular formula is C13H24O12. The fourth-order valence-corrected chi connectivity index (χ4v) is 2.90. The number of hydrogen-bond acceptors (Lipinski definition) is 12. The van der Waals surface area contributed by atoms with Gasteiger partial charge in [-0.15, -0.1) is 0 Å². The highest BCUT2D eigenvalue weighted by atomic mass is 16.8. The SMILES string of the molecule is OC[C@H]1O[C@@](CO)(O[C@H]2OC(CO)(CO)[C@@H](O)[C@H](O)[C@H]2O)[C@@H](O)[C@@H]1O. The number of ether oxygens (including phenoxy) is 3. The molecule has 0 bridgehead atoms. The van der Waals surface area contributed by atoms with Crippen molar-refractivity contribution >= 4 is 0 Å². The third-order valence-corrected chi connectivity index (χ3v) is 4.60. The van der Waals surface area contributed by atoms with Gasteiger partial charge in [0.25, 0.3) is 0 Å². The Kier molecular flexibility index (Phi) is 6.36. The number of aliphatic hydroxyl groups is 9. The van der Waals surface area contributed by atoms with E-state index in [1.54, 1.807) is 0 Å². The Hall–Kier alpha value is -0.480. The van der Waals surface area contributed by atoms with E-state index in [9.17, 15) is 40.9 Å². The summed E-state index contributed by atoms with van der Waals surface area (Å²) < 4.78 is 15.6. The molecule has 0 aliphatic carbocycles. The van der Waals surface area contributed by atoms with Crippen molar-refractivity contribution in [2.75, 3.05) is 26.4 Å². The fourth-order valence-electron chi connectivity index (χ4n) is 2.90. The average Bonchev–Trinajstić information content (AvgIpc) is 2.87. The van der Waals surface area contributed by atoms with Gasteiger partial charge in [0.2, 0.25) is 5.79 Å². The molecule has 8 atom stereocenters. The van der Waals surface area contributed by atoms with Gasteiger partial charge in [0.05, 0.1) is 19.8 Å². The number of aliphatic hydroxyl groups excluding tert-OH is 9. The molecule has 2 fully saturated rings. The van der Waals surface area contributed by atoms with Crippen molar-refractivity contribution < 1.29 is 60.2 Å². The van der Waals surface area contributed by atoms with E-state index in [1.807, 2.05) is 0 Å². The van der Waals surface area contributed by atoms with Crippen LogP contribution >= 0.6 is 0 Å². The molecule has 0 aromatic rings. The van der Waals surface area contributed by atoms with Crippen molar-refractivity contribution in [1.82, 2.24) is 0 Å². The molecule has 0 unspecified atom stereocenters. The van der Waals surface area contributed by atoms with Gasteiger partial charge in [-0.05, 0) is 0 Å². The van der Waals surface area contributed by atoms with Crippen molar-refractivity contribution in [2.24, 2.45) is 0 Å². The molecule has 2 aliphatic heterocycles. The first-order chi connectivity index (χ1) is 11.7. The van der Waals surface area contributed by atoms with Crippen LogP contribution in [0, 0.1) is 0 Å². The second-order valence-corrected chi connectivity index (χ2v) is 6.16. The van der Waals surface area contributed by atoms with E-state index in [0.717, 1.165) is 0 Å². The largest absolute Gasteiger partial charge is 0.394 e. The molecule has 148 valence electrons. The number of hydrogen-bond donors (Lipinski definition) is 9. The van der Waals surface area contributed by atoms with Crippen LogP contribution in [0.3, 0.4) is 0 Å². The summed E-state index contributed by atoms with van der Waals surface area (Å²) in [4.78, 5) is 0. The molecule has 0 amide bonds. The van der Waals surface area contributed by atoms with Gasteiger partial charge in [-0.1, -0.05) is 0 Å². The summed E-state index contributed by atoms with van der Waals surface area (Å²) in [6.07, 6.45) is -12.4. The van der Waals surface area contributed by atoms with E-state index in [1.165, 1.54) is 0 Å². The van der Waals surface area contributed by atoms with Gasteiger partial charge >= 0.3 is 0 Å². The van der Waals surface area contributed by atoms with Gasteiger partial charge in [0.15, 0.2) is 6.29 Å². The standard InChI is InChI=1S/C13H24O12/c14-1-5-6(18)10(22)13(4-17,23-5)25-11-8(20)7(19)9(21)12(2-15,3-16)24-11/h5-11,14-22H,1-4H2/t5-,6-,7-,8-,9+,10+,11-,13+/m1/s1. The van der Waals surface area contributed by atoms with E-state index in [-0.39, 0.29) is 0 Å². The zero-order valence-electron chi connectivity index (χ0n) is 13.1. The molecule has 2 saturated heterocycles. The average molecular weight is 372 g/mol. The summed E-state index contributed by atoms with van der Waals surface area (Å²) in [5.41, 5.74) is -2.10. The second kappa shape index (κ2) is 7.64. The van der Waals surface area contributed by atoms with Crippen molar-refractivity contribution in [2.45, 2.75) is 54.3 Å². The maximum absolute atomic E-state index is 10.1. The van der Waals surface area contributed by atoms with Gasteiger partial charge < -0.3 is 60.2 Å². The smallest absolute Gasteiger partial charge is 0.224 e. The van der Waals surface area contributed by atoms with Gasteiger partial charge in [-0.25, -0.2) is 0 Å². The summed E-state index contributed by atoms with van der Waals surface area (Å²) in [5.74, 6) is -2.32. The zero-order chi connectivity index (χ0) is 19.0. The summed E-state index contributed by atoms with van der Waals surface area (Å²) in [7, 11) is 0. The minimum Gasteiger partial charge on any atom is -0.394 e. The molecule has 0 radical (unpaired) electrons. The topological polar surface area (TPSA) is 210 Å². The Morgan fingerprint density at radius 1 is 0.720 bits per heavy atom. The van der Waals surface area contributed by atoms with E-state index in [2.05, 4.69) is 0 Å². The van der Waals surface area contributed by atoms with Crippen molar-refractivity contribution in [3.8, 4) is 0 Å². The van der Waals surface area contributed by atoms with Gasteiger partial charge in [0.1, 0.15) is 48.8 Å².